The first kappa shape index (κ1) is 20.6. The van der Waals surface area contributed by atoms with Crippen LogP contribution in [0.2, 0.25) is 0 Å². The first-order valence-corrected chi connectivity index (χ1v) is 8.48. The van der Waals surface area contributed by atoms with Crippen molar-refractivity contribution < 1.29 is 33.5 Å². The highest BCUT2D eigenvalue weighted by Crippen LogP contribution is 2.31. The van der Waals surface area contributed by atoms with E-state index < -0.39 is 34.3 Å². The molecule has 1 aromatic carbocycles. The van der Waals surface area contributed by atoms with Crippen molar-refractivity contribution >= 4 is 17.6 Å². The molecule has 1 amide bonds. The fourth-order valence-electron chi connectivity index (χ4n) is 2.92. The minimum absolute atomic E-state index is 0.0464. The predicted octanol–water partition coefficient (Wildman–Crippen LogP) is 1.66. The first-order valence-electron chi connectivity index (χ1n) is 8.48. The zero-order valence-electron chi connectivity index (χ0n) is 14.9. The van der Waals surface area contributed by atoms with E-state index in [0.717, 1.165) is 12.1 Å². The summed E-state index contributed by atoms with van der Waals surface area (Å²) in [6.45, 7) is 0.0349. The van der Waals surface area contributed by atoms with E-state index in [2.05, 4.69) is 4.74 Å². The molecule has 1 aliphatic heterocycles. The number of rotatable bonds is 8. The molecular weight excluding hydrogens is 363 g/mol. The van der Waals surface area contributed by atoms with Crippen molar-refractivity contribution in [3.8, 4) is 5.75 Å². The number of ether oxygens (including phenoxy) is 2. The Hall–Kier alpha value is -2.75. The van der Waals surface area contributed by atoms with Gasteiger partial charge >= 0.3 is 5.97 Å². The van der Waals surface area contributed by atoms with Gasteiger partial charge in [-0.2, -0.15) is 0 Å². The molecular formula is C17H21FN2O7. The van der Waals surface area contributed by atoms with Gasteiger partial charge in [-0.05, 0) is 25.3 Å². The Morgan fingerprint density at radius 1 is 1.44 bits per heavy atom. The van der Waals surface area contributed by atoms with Crippen LogP contribution in [0, 0.1) is 15.9 Å². The lowest BCUT2D eigenvalue weighted by Crippen LogP contribution is -2.38. The summed E-state index contributed by atoms with van der Waals surface area (Å²) in [7, 11) is 1.24. The van der Waals surface area contributed by atoms with Crippen LogP contribution in [0.15, 0.2) is 12.1 Å². The topological polar surface area (TPSA) is 119 Å². The highest BCUT2D eigenvalue weighted by atomic mass is 19.1. The minimum Gasteiger partial charge on any atom is -0.490 e. The molecule has 27 heavy (non-hydrogen) atoms. The molecule has 0 aliphatic carbocycles. The number of carbonyl (C=O) groups excluding carboxylic acids is 2. The molecule has 1 aromatic rings. The Morgan fingerprint density at radius 3 is 2.81 bits per heavy atom. The second-order valence-corrected chi connectivity index (χ2v) is 6.06. The van der Waals surface area contributed by atoms with Gasteiger partial charge in [-0.1, -0.05) is 0 Å². The molecule has 1 aliphatic rings. The fraction of sp³-hybridized carbons (Fsp3) is 0.529. The van der Waals surface area contributed by atoms with E-state index in [-0.39, 0.29) is 37.4 Å². The summed E-state index contributed by atoms with van der Waals surface area (Å²) >= 11 is 0. The number of halogens is 1. The second-order valence-electron chi connectivity index (χ2n) is 6.06. The Bertz CT molecular complexity index is 725. The van der Waals surface area contributed by atoms with Crippen LogP contribution in [-0.4, -0.2) is 59.7 Å². The van der Waals surface area contributed by atoms with Crippen LogP contribution < -0.4 is 4.74 Å². The number of aliphatic hydroxyl groups is 1. The van der Waals surface area contributed by atoms with Crippen LogP contribution in [0.25, 0.3) is 0 Å². The van der Waals surface area contributed by atoms with E-state index in [1.165, 1.54) is 12.0 Å². The molecule has 1 saturated heterocycles. The third kappa shape index (κ3) is 4.91. The van der Waals surface area contributed by atoms with E-state index >= 15 is 0 Å². The number of likely N-dealkylation sites (tertiary alicyclic amines) is 1. The van der Waals surface area contributed by atoms with E-state index in [1.807, 2.05) is 0 Å². The van der Waals surface area contributed by atoms with E-state index in [4.69, 9.17) is 4.74 Å². The maximum atomic E-state index is 14.3. The molecule has 0 aromatic heterocycles. The van der Waals surface area contributed by atoms with Crippen molar-refractivity contribution in [1.82, 2.24) is 4.90 Å². The van der Waals surface area contributed by atoms with Gasteiger partial charge in [0.25, 0.3) is 11.6 Å². The molecule has 0 unspecified atom stereocenters. The number of esters is 1. The van der Waals surface area contributed by atoms with Crippen molar-refractivity contribution in [3.63, 3.8) is 0 Å². The van der Waals surface area contributed by atoms with Gasteiger partial charge in [0.15, 0.2) is 11.6 Å². The third-order valence-corrected chi connectivity index (χ3v) is 4.34. The Morgan fingerprint density at radius 2 is 2.19 bits per heavy atom. The number of nitro groups is 1. The molecule has 1 atom stereocenters. The lowest BCUT2D eigenvalue weighted by molar-refractivity contribution is -0.385. The number of hydrogen-bond donors (Lipinski definition) is 1. The normalized spacial score (nSPS) is 16.3. The quantitative estimate of drug-likeness (QED) is 0.313. The van der Waals surface area contributed by atoms with Crippen LogP contribution in [0.1, 0.15) is 36.0 Å². The molecule has 10 heteroatoms. The van der Waals surface area contributed by atoms with Gasteiger partial charge in [-0.3, -0.25) is 19.7 Å². The zero-order chi connectivity index (χ0) is 20.0. The lowest BCUT2D eigenvalue weighted by atomic mass is 10.1. The number of benzene rings is 1. The molecule has 1 N–H and O–H groups in total. The number of carbonyl (C=O) groups is 2. The molecule has 2 rings (SSSR count). The summed E-state index contributed by atoms with van der Waals surface area (Å²) in [5, 5.41) is 20.7. The fourth-order valence-corrected chi connectivity index (χ4v) is 2.92. The molecule has 1 heterocycles. The molecule has 9 nitrogen and oxygen atoms in total. The van der Waals surface area contributed by atoms with E-state index in [1.54, 1.807) is 0 Å². The van der Waals surface area contributed by atoms with Crippen LogP contribution in [0.5, 0.6) is 5.75 Å². The highest BCUT2D eigenvalue weighted by molar-refractivity contribution is 5.98. The van der Waals surface area contributed by atoms with Crippen molar-refractivity contribution in [3.05, 3.63) is 33.6 Å². The van der Waals surface area contributed by atoms with Gasteiger partial charge in [0, 0.05) is 13.0 Å². The van der Waals surface area contributed by atoms with Gasteiger partial charge in [0.05, 0.1) is 37.4 Å². The van der Waals surface area contributed by atoms with Crippen molar-refractivity contribution in [2.24, 2.45) is 0 Å². The summed E-state index contributed by atoms with van der Waals surface area (Å²) in [6, 6.07) is 1.21. The number of hydrogen-bond acceptors (Lipinski definition) is 7. The summed E-state index contributed by atoms with van der Waals surface area (Å²) in [4.78, 5) is 35.6. The van der Waals surface area contributed by atoms with E-state index in [0.29, 0.717) is 19.4 Å². The summed E-state index contributed by atoms with van der Waals surface area (Å²) in [5.41, 5.74) is -0.965. The SMILES string of the molecule is COC(=O)CCCOc1cc([N+](=O)[O-])c(C(=O)N2CCC[C@H]2CO)cc1F. The van der Waals surface area contributed by atoms with Gasteiger partial charge < -0.3 is 19.5 Å². The second kappa shape index (κ2) is 9.26. The average Bonchev–Trinajstić information content (AvgIpc) is 3.13. The summed E-state index contributed by atoms with van der Waals surface area (Å²) < 4.78 is 24.0. The smallest absolute Gasteiger partial charge is 0.305 e. The van der Waals surface area contributed by atoms with Crippen LogP contribution >= 0.6 is 0 Å². The maximum Gasteiger partial charge on any atom is 0.305 e. The number of nitro benzene ring substituents is 1. The van der Waals surface area contributed by atoms with Crippen molar-refractivity contribution in [1.29, 1.82) is 0 Å². The van der Waals surface area contributed by atoms with Crippen LogP contribution in [0.4, 0.5) is 10.1 Å². The summed E-state index contributed by atoms with van der Waals surface area (Å²) in [6.07, 6.45) is 1.55. The maximum absolute atomic E-state index is 14.3. The number of methoxy groups -OCH3 is 1. The molecule has 0 radical (unpaired) electrons. The molecule has 0 bridgehead atoms. The average molecular weight is 384 g/mol. The molecule has 1 fully saturated rings. The van der Waals surface area contributed by atoms with E-state index in [9.17, 15) is 29.2 Å². The predicted molar refractivity (Wildman–Crippen MR) is 90.9 cm³/mol. The van der Waals surface area contributed by atoms with Gasteiger partial charge in [0.2, 0.25) is 0 Å². The monoisotopic (exact) mass is 384 g/mol. The molecule has 0 spiro atoms. The van der Waals surface area contributed by atoms with Gasteiger partial charge in [-0.25, -0.2) is 4.39 Å². The number of aliphatic hydroxyl groups excluding tert-OH is 1. The standard InChI is InChI=1S/C17H21FN2O7/c1-26-16(22)5-3-7-27-15-9-14(20(24)25)12(8-13(15)18)17(23)19-6-2-4-11(19)10-21/h8-9,11,21H,2-7,10H2,1H3/t11-/m0/s1. The van der Waals surface area contributed by atoms with Crippen molar-refractivity contribution in [2.75, 3.05) is 26.9 Å². The van der Waals surface area contributed by atoms with Gasteiger partial charge in [-0.15, -0.1) is 0 Å². The Labute approximate surface area is 154 Å². The zero-order valence-corrected chi connectivity index (χ0v) is 14.9. The summed E-state index contributed by atoms with van der Waals surface area (Å²) in [5.74, 6) is -2.44. The Kier molecular flexibility index (Phi) is 7.05. The minimum atomic E-state index is -0.915. The third-order valence-electron chi connectivity index (χ3n) is 4.34. The Balaban J connectivity index is 2.19. The van der Waals surface area contributed by atoms with Crippen LogP contribution in [0.3, 0.4) is 0 Å². The molecule has 0 saturated carbocycles. The van der Waals surface area contributed by atoms with Crippen molar-refractivity contribution in [2.45, 2.75) is 31.7 Å². The van der Waals surface area contributed by atoms with Gasteiger partial charge in [0.1, 0.15) is 5.56 Å². The molecule has 148 valence electrons. The number of amides is 1. The largest absolute Gasteiger partial charge is 0.490 e. The number of nitrogens with zero attached hydrogens (tertiary/aromatic N) is 2. The first-order chi connectivity index (χ1) is 12.9. The van der Waals surface area contributed by atoms with Crippen LogP contribution in [-0.2, 0) is 9.53 Å². The lowest BCUT2D eigenvalue weighted by Gasteiger charge is -2.23. The highest BCUT2D eigenvalue weighted by Gasteiger charge is 2.33.